The highest BCUT2D eigenvalue weighted by Gasteiger charge is 2.17. The van der Waals surface area contributed by atoms with Gasteiger partial charge in [-0.25, -0.2) is 4.39 Å². The Hall–Kier alpha value is -1.82. The van der Waals surface area contributed by atoms with Crippen molar-refractivity contribution in [1.29, 1.82) is 0 Å². The van der Waals surface area contributed by atoms with Crippen molar-refractivity contribution in [1.82, 2.24) is 0 Å². The van der Waals surface area contributed by atoms with Crippen LogP contribution in [0.15, 0.2) is 36.4 Å². The summed E-state index contributed by atoms with van der Waals surface area (Å²) in [5, 5.41) is 2.61. The van der Waals surface area contributed by atoms with E-state index in [2.05, 4.69) is 5.32 Å². The monoisotopic (exact) mass is 383 g/mol. The second-order valence-corrected chi connectivity index (χ2v) is 6.49. The lowest BCUT2D eigenvalue weighted by molar-refractivity contribution is 0.0680. The lowest BCUT2D eigenvalue weighted by atomic mass is 10.2. The molecule has 2 aromatic rings. The maximum atomic E-state index is 13.6. The first-order chi connectivity index (χ1) is 12.0. The van der Waals surface area contributed by atoms with Crippen LogP contribution in [0.3, 0.4) is 0 Å². The molecule has 3 rings (SSSR count). The lowest BCUT2D eigenvalue weighted by Gasteiger charge is -2.13. The van der Waals surface area contributed by atoms with Gasteiger partial charge in [0.05, 0.1) is 21.7 Å². The second kappa shape index (κ2) is 8.04. The van der Waals surface area contributed by atoms with Crippen molar-refractivity contribution >= 4 is 34.8 Å². The van der Waals surface area contributed by atoms with E-state index in [0.717, 1.165) is 25.5 Å². The number of carbonyl (C=O) groups is 1. The standard InChI is InChI=1S/C18H16Cl2FNO3/c19-15-9-16(20)17(21)8-14(15)18(23)22-11-3-1-4-12(7-11)25-10-13-5-2-6-24-13/h1,3-4,7-9,13H,2,5-6,10H2,(H,22,23). The number of ether oxygens (including phenoxy) is 2. The summed E-state index contributed by atoms with van der Waals surface area (Å²) in [5.41, 5.74) is 0.524. The van der Waals surface area contributed by atoms with Crippen LogP contribution in [0.1, 0.15) is 23.2 Å². The Kier molecular flexibility index (Phi) is 5.78. The number of benzene rings is 2. The molecule has 1 heterocycles. The lowest BCUT2D eigenvalue weighted by Crippen LogP contribution is -2.16. The molecule has 2 aromatic carbocycles. The van der Waals surface area contributed by atoms with Crippen molar-refractivity contribution < 1.29 is 18.7 Å². The molecule has 0 spiro atoms. The molecule has 25 heavy (non-hydrogen) atoms. The number of halogens is 3. The van der Waals surface area contributed by atoms with E-state index in [-0.39, 0.29) is 21.7 Å². The zero-order chi connectivity index (χ0) is 17.8. The maximum Gasteiger partial charge on any atom is 0.257 e. The fraction of sp³-hybridized carbons (Fsp3) is 0.278. The van der Waals surface area contributed by atoms with Gasteiger partial charge in [0.25, 0.3) is 5.91 Å². The summed E-state index contributed by atoms with van der Waals surface area (Å²) in [5.74, 6) is -0.622. The van der Waals surface area contributed by atoms with Crippen LogP contribution in [0.2, 0.25) is 10.0 Å². The molecule has 0 aliphatic carbocycles. The van der Waals surface area contributed by atoms with Crippen LogP contribution in [-0.2, 0) is 4.74 Å². The molecule has 1 saturated heterocycles. The summed E-state index contributed by atoms with van der Waals surface area (Å²) < 4.78 is 24.8. The van der Waals surface area contributed by atoms with Gasteiger partial charge in [0, 0.05) is 18.4 Å². The first-order valence-corrected chi connectivity index (χ1v) is 8.59. The molecule has 1 fully saturated rings. The number of rotatable bonds is 5. The molecule has 0 aromatic heterocycles. The first-order valence-electron chi connectivity index (χ1n) is 7.83. The summed E-state index contributed by atoms with van der Waals surface area (Å²) >= 11 is 11.6. The summed E-state index contributed by atoms with van der Waals surface area (Å²) in [7, 11) is 0. The Bertz CT molecular complexity index is 779. The first kappa shape index (κ1) is 18.0. The molecule has 1 unspecified atom stereocenters. The highest BCUT2D eigenvalue weighted by Crippen LogP contribution is 2.26. The quantitative estimate of drug-likeness (QED) is 0.743. The predicted molar refractivity (Wildman–Crippen MR) is 95.3 cm³/mol. The fourth-order valence-electron chi connectivity index (χ4n) is 2.52. The average molecular weight is 384 g/mol. The minimum Gasteiger partial charge on any atom is -0.491 e. The van der Waals surface area contributed by atoms with Gasteiger partial charge < -0.3 is 14.8 Å². The molecular weight excluding hydrogens is 368 g/mol. The van der Waals surface area contributed by atoms with Crippen LogP contribution in [0, 0.1) is 5.82 Å². The van der Waals surface area contributed by atoms with Crippen LogP contribution in [0.4, 0.5) is 10.1 Å². The number of hydrogen-bond acceptors (Lipinski definition) is 3. The second-order valence-electron chi connectivity index (χ2n) is 5.67. The van der Waals surface area contributed by atoms with Crippen LogP contribution in [0.5, 0.6) is 5.75 Å². The van der Waals surface area contributed by atoms with Crippen LogP contribution in [0.25, 0.3) is 0 Å². The minimum atomic E-state index is -0.704. The predicted octanol–water partition coefficient (Wildman–Crippen LogP) is 4.94. The Morgan fingerprint density at radius 3 is 2.88 bits per heavy atom. The molecule has 1 atom stereocenters. The number of carbonyl (C=O) groups excluding carboxylic acids is 1. The molecule has 7 heteroatoms. The van der Waals surface area contributed by atoms with Crippen molar-refractivity contribution in [3.05, 3.63) is 57.8 Å². The van der Waals surface area contributed by atoms with E-state index in [9.17, 15) is 9.18 Å². The highest BCUT2D eigenvalue weighted by molar-refractivity contribution is 6.37. The molecule has 1 aliphatic rings. The molecule has 4 nitrogen and oxygen atoms in total. The SMILES string of the molecule is O=C(Nc1cccc(OCC2CCCO2)c1)c1cc(F)c(Cl)cc1Cl. The Morgan fingerprint density at radius 2 is 2.12 bits per heavy atom. The van der Waals surface area contributed by atoms with Crippen LogP contribution < -0.4 is 10.1 Å². The van der Waals surface area contributed by atoms with Gasteiger partial charge in [-0.2, -0.15) is 0 Å². The summed E-state index contributed by atoms with van der Waals surface area (Å²) in [4.78, 5) is 12.3. The highest BCUT2D eigenvalue weighted by atomic mass is 35.5. The van der Waals surface area contributed by atoms with Crippen molar-refractivity contribution in [3.8, 4) is 5.75 Å². The number of amides is 1. The van der Waals surface area contributed by atoms with Crippen molar-refractivity contribution in [2.45, 2.75) is 18.9 Å². The van der Waals surface area contributed by atoms with E-state index in [1.807, 2.05) is 0 Å². The zero-order valence-corrected chi connectivity index (χ0v) is 14.7. The van der Waals surface area contributed by atoms with Gasteiger partial charge in [0.15, 0.2) is 0 Å². The van der Waals surface area contributed by atoms with Gasteiger partial charge in [-0.3, -0.25) is 4.79 Å². The summed E-state index contributed by atoms with van der Waals surface area (Å²) in [6.07, 6.45) is 2.13. The third kappa shape index (κ3) is 4.63. The Morgan fingerprint density at radius 1 is 1.28 bits per heavy atom. The summed E-state index contributed by atoms with van der Waals surface area (Å²) in [6.45, 7) is 1.23. The number of hydrogen-bond donors (Lipinski definition) is 1. The van der Waals surface area contributed by atoms with Crippen LogP contribution >= 0.6 is 23.2 Å². The minimum absolute atomic E-state index is 0.00856. The van der Waals surface area contributed by atoms with Crippen LogP contribution in [-0.4, -0.2) is 25.2 Å². The van der Waals surface area contributed by atoms with Gasteiger partial charge in [0.1, 0.15) is 18.2 Å². The molecular formula is C18H16Cl2FNO3. The Labute approximate surface area is 154 Å². The van der Waals surface area contributed by atoms with E-state index in [1.54, 1.807) is 24.3 Å². The molecule has 0 radical (unpaired) electrons. The topological polar surface area (TPSA) is 47.6 Å². The molecule has 1 N–H and O–H groups in total. The maximum absolute atomic E-state index is 13.6. The average Bonchev–Trinajstić information content (AvgIpc) is 3.10. The van der Waals surface area contributed by atoms with E-state index in [0.29, 0.717) is 18.0 Å². The van der Waals surface area contributed by atoms with Crippen molar-refractivity contribution in [2.24, 2.45) is 0 Å². The van der Waals surface area contributed by atoms with Crippen molar-refractivity contribution in [2.75, 3.05) is 18.5 Å². The Balaban J connectivity index is 1.67. The molecule has 0 bridgehead atoms. The summed E-state index contributed by atoms with van der Waals surface area (Å²) in [6, 6.07) is 9.15. The van der Waals surface area contributed by atoms with Gasteiger partial charge >= 0.3 is 0 Å². The fourth-order valence-corrected chi connectivity index (χ4v) is 2.99. The number of nitrogens with one attached hydrogen (secondary N) is 1. The largest absolute Gasteiger partial charge is 0.491 e. The zero-order valence-electron chi connectivity index (χ0n) is 13.2. The van der Waals surface area contributed by atoms with E-state index in [1.165, 1.54) is 6.07 Å². The molecule has 1 amide bonds. The smallest absolute Gasteiger partial charge is 0.257 e. The molecule has 132 valence electrons. The molecule has 1 aliphatic heterocycles. The normalized spacial score (nSPS) is 16.7. The third-order valence-corrected chi connectivity index (χ3v) is 4.41. The number of anilines is 1. The van der Waals surface area contributed by atoms with Gasteiger partial charge in [-0.15, -0.1) is 0 Å². The third-order valence-electron chi connectivity index (χ3n) is 3.81. The van der Waals surface area contributed by atoms with Gasteiger partial charge in [-0.1, -0.05) is 29.3 Å². The van der Waals surface area contributed by atoms with Crippen molar-refractivity contribution in [3.63, 3.8) is 0 Å². The van der Waals surface area contributed by atoms with Gasteiger partial charge in [0.2, 0.25) is 0 Å². The van der Waals surface area contributed by atoms with E-state index >= 15 is 0 Å². The molecule has 0 saturated carbocycles. The van der Waals surface area contributed by atoms with Gasteiger partial charge in [-0.05, 0) is 37.1 Å². The van der Waals surface area contributed by atoms with E-state index < -0.39 is 11.7 Å². The van der Waals surface area contributed by atoms with E-state index in [4.69, 9.17) is 32.7 Å².